The van der Waals surface area contributed by atoms with Crippen LogP contribution in [0.4, 0.5) is 0 Å². The average molecular weight is 783 g/mol. The highest BCUT2D eigenvalue weighted by molar-refractivity contribution is 7.47. The SMILES string of the molecule is CCCCCC=CCC=CCC=CCC=CCCCC(=O)O[C@@H](CO)C(OP(=O)(O)OCC[N+](C)(C)C)C(=O)CCCCCCCCCCCCCCC. The van der Waals surface area contributed by atoms with Crippen molar-refractivity contribution in [2.45, 2.75) is 180 Å². The fraction of sp³-hybridized carbons (Fsp3) is 0.773. The molecule has 0 aromatic carbocycles. The predicted molar refractivity (Wildman–Crippen MR) is 224 cm³/mol. The van der Waals surface area contributed by atoms with Gasteiger partial charge in [0.05, 0.1) is 27.7 Å². The third-order valence-electron chi connectivity index (χ3n) is 9.12. The van der Waals surface area contributed by atoms with Gasteiger partial charge < -0.3 is 19.2 Å². The Balaban J connectivity index is 4.76. The summed E-state index contributed by atoms with van der Waals surface area (Å²) in [6, 6.07) is 0. The zero-order valence-electron chi connectivity index (χ0n) is 35.1. The van der Waals surface area contributed by atoms with Crippen LogP contribution in [0.25, 0.3) is 0 Å². The molecule has 54 heavy (non-hydrogen) atoms. The molecular formula is C44H81NO8P+. The second-order valence-corrected chi connectivity index (χ2v) is 16.9. The molecule has 0 aliphatic rings. The highest BCUT2D eigenvalue weighted by Gasteiger charge is 2.38. The number of aliphatic hydroxyl groups is 1. The molecule has 0 saturated heterocycles. The van der Waals surface area contributed by atoms with E-state index in [-0.39, 0.29) is 19.4 Å². The van der Waals surface area contributed by atoms with Crippen LogP contribution in [0, 0.1) is 0 Å². The van der Waals surface area contributed by atoms with E-state index in [1.54, 1.807) is 0 Å². The number of Topliss-reactive ketones (excluding diaryl/α,β-unsaturated/α-hetero) is 1. The van der Waals surface area contributed by atoms with E-state index in [0.717, 1.165) is 44.9 Å². The molecule has 0 aromatic rings. The molecule has 0 aliphatic heterocycles. The van der Waals surface area contributed by atoms with Gasteiger partial charge in [0.15, 0.2) is 18.0 Å². The fourth-order valence-corrected chi connectivity index (χ4v) is 6.66. The Morgan fingerprint density at radius 2 is 1.07 bits per heavy atom. The molecule has 0 rings (SSSR count). The van der Waals surface area contributed by atoms with Crippen molar-refractivity contribution in [3.63, 3.8) is 0 Å². The summed E-state index contributed by atoms with van der Waals surface area (Å²) in [5.74, 6) is -1.10. The summed E-state index contributed by atoms with van der Waals surface area (Å²) in [4.78, 5) is 36.5. The van der Waals surface area contributed by atoms with Crippen molar-refractivity contribution in [1.29, 1.82) is 0 Å². The van der Waals surface area contributed by atoms with Crippen LogP contribution in [-0.2, 0) is 27.9 Å². The highest BCUT2D eigenvalue weighted by Crippen LogP contribution is 2.45. The molecule has 0 bridgehead atoms. The summed E-state index contributed by atoms with van der Waals surface area (Å²) < 4.78 is 29.3. The number of phosphoric ester groups is 1. The van der Waals surface area contributed by atoms with Crippen molar-refractivity contribution in [2.24, 2.45) is 0 Å². The highest BCUT2D eigenvalue weighted by atomic mass is 31.2. The first-order valence-electron chi connectivity index (χ1n) is 21.3. The Morgan fingerprint density at radius 3 is 1.56 bits per heavy atom. The maximum Gasteiger partial charge on any atom is 0.473 e. The molecule has 0 heterocycles. The number of ketones is 1. The van der Waals surface area contributed by atoms with Gasteiger partial charge in [0.1, 0.15) is 13.2 Å². The number of quaternary nitrogens is 1. The zero-order chi connectivity index (χ0) is 40.2. The van der Waals surface area contributed by atoms with Crippen LogP contribution in [0.2, 0.25) is 0 Å². The number of nitrogens with zero attached hydrogens (tertiary/aromatic N) is 1. The van der Waals surface area contributed by atoms with Gasteiger partial charge in [-0.2, -0.15) is 0 Å². The summed E-state index contributed by atoms with van der Waals surface area (Å²) in [7, 11) is 1.07. The van der Waals surface area contributed by atoms with Crippen LogP contribution in [0.1, 0.15) is 168 Å². The van der Waals surface area contributed by atoms with E-state index >= 15 is 0 Å². The second-order valence-electron chi connectivity index (χ2n) is 15.5. The minimum Gasteiger partial charge on any atom is -0.457 e. The van der Waals surface area contributed by atoms with Gasteiger partial charge in [0.25, 0.3) is 0 Å². The number of aliphatic hydroxyl groups excluding tert-OH is 1. The van der Waals surface area contributed by atoms with Gasteiger partial charge in [-0.1, -0.05) is 152 Å². The summed E-state index contributed by atoms with van der Waals surface area (Å²) in [6.45, 7) is 4.09. The van der Waals surface area contributed by atoms with Crippen molar-refractivity contribution >= 4 is 19.6 Å². The smallest absolute Gasteiger partial charge is 0.457 e. The number of phosphoric acid groups is 1. The van der Waals surface area contributed by atoms with Crippen LogP contribution in [-0.4, -0.2) is 79.3 Å². The second kappa shape index (κ2) is 35.5. The van der Waals surface area contributed by atoms with Gasteiger partial charge in [0.2, 0.25) is 0 Å². The van der Waals surface area contributed by atoms with Gasteiger partial charge in [-0.05, 0) is 51.4 Å². The maximum atomic E-state index is 13.3. The topological polar surface area (TPSA) is 119 Å². The molecule has 9 nitrogen and oxygen atoms in total. The Bertz CT molecular complexity index is 1080. The first kappa shape index (κ1) is 52.1. The normalized spacial score (nSPS) is 14.8. The molecule has 0 spiro atoms. The fourth-order valence-electron chi connectivity index (χ4n) is 5.75. The van der Waals surface area contributed by atoms with Gasteiger partial charge in [-0.3, -0.25) is 18.6 Å². The number of ether oxygens (including phenoxy) is 1. The number of rotatable bonds is 38. The van der Waals surface area contributed by atoms with Gasteiger partial charge in [-0.15, -0.1) is 0 Å². The van der Waals surface area contributed by atoms with E-state index in [1.807, 2.05) is 27.2 Å². The number of carbonyl (C=O) groups excluding carboxylic acids is 2. The molecule has 2 N–H and O–H groups in total. The largest absolute Gasteiger partial charge is 0.473 e. The van der Waals surface area contributed by atoms with Crippen molar-refractivity contribution in [3.05, 3.63) is 48.6 Å². The lowest BCUT2D eigenvalue weighted by molar-refractivity contribution is -0.870. The predicted octanol–water partition coefficient (Wildman–Crippen LogP) is 11.3. The maximum absolute atomic E-state index is 13.3. The van der Waals surface area contributed by atoms with E-state index in [4.69, 9.17) is 13.8 Å². The molecule has 0 aromatic heterocycles. The number of carbonyl (C=O) groups is 2. The zero-order valence-corrected chi connectivity index (χ0v) is 36.0. The summed E-state index contributed by atoms with van der Waals surface area (Å²) in [6.07, 6.45) is 38.3. The number of hydrogen-bond donors (Lipinski definition) is 2. The molecule has 0 amide bonds. The Morgan fingerprint density at radius 1 is 0.630 bits per heavy atom. The Kier molecular flexibility index (Phi) is 34.3. The first-order valence-corrected chi connectivity index (χ1v) is 22.8. The third-order valence-corrected chi connectivity index (χ3v) is 10.1. The van der Waals surface area contributed by atoms with E-state index in [2.05, 4.69) is 56.4 Å². The van der Waals surface area contributed by atoms with Gasteiger partial charge in [0, 0.05) is 12.8 Å². The minimum atomic E-state index is -4.68. The molecule has 10 heteroatoms. The van der Waals surface area contributed by atoms with Crippen LogP contribution in [0.3, 0.4) is 0 Å². The first-order chi connectivity index (χ1) is 26.0. The average Bonchev–Trinajstić information content (AvgIpc) is 3.12. The molecular weight excluding hydrogens is 701 g/mol. The van der Waals surface area contributed by atoms with Gasteiger partial charge in [-0.25, -0.2) is 4.57 Å². The minimum absolute atomic E-state index is 0.0713. The number of unbranched alkanes of at least 4 members (excludes halogenated alkanes) is 16. The van der Waals surface area contributed by atoms with Gasteiger partial charge >= 0.3 is 13.8 Å². The summed E-state index contributed by atoms with van der Waals surface area (Å²) in [5.41, 5.74) is 0. The van der Waals surface area contributed by atoms with Crippen molar-refractivity contribution in [3.8, 4) is 0 Å². The van der Waals surface area contributed by atoms with E-state index in [0.29, 0.717) is 30.3 Å². The lowest BCUT2D eigenvalue weighted by Gasteiger charge is -2.27. The van der Waals surface area contributed by atoms with Crippen molar-refractivity contribution in [2.75, 3.05) is 40.9 Å². The quantitative estimate of drug-likeness (QED) is 0.0209. The summed E-state index contributed by atoms with van der Waals surface area (Å²) in [5, 5.41) is 10.1. The molecule has 2 unspecified atom stereocenters. The number of hydrogen-bond acceptors (Lipinski definition) is 7. The summed E-state index contributed by atoms with van der Waals surface area (Å²) >= 11 is 0. The van der Waals surface area contributed by atoms with Crippen LogP contribution >= 0.6 is 7.82 Å². The molecule has 314 valence electrons. The monoisotopic (exact) mass is 783 g/mol. The number of likely N-dealkylation sites (N-methyl/N-ethyl adjacent to an activating group) is 1. The van der Waals surface area contributed by atoms with Crippen LogP contribution in [0.15, 0.2) is 48.6 Å². The van der Waals surface area contributed by atoms with Crippen LogP contribution in [0.5, 0.6) is 0 Å². The Hall–Kier alpha value is -1.87. The van der Waals surface area contributed by atoms with E-state index < -0.39 is 38.4 Å². The standard InChI is InChI=1S/C44H80NO8P/c1-6-8-10-12-14-16-18-20-21-22-23-25-27-29-31-33-35-37-43(48)52-42(40-46)44(53-54(49,50)51-39-38-45(3,4)5)41(47)36-34-32-30-28-26-24-19-17-15-13-11-9-7-2/h14,16,20-21,23,25,29,31,42,44,46H,6-13,15,17-19,22,24,26-28,30,32-40H2,1-5H3/p+1/t42-,44?/m0/s1. The van der Waals surface area contributed by atoms with Crippen molar-refractivity contribution in [1.82, 2.24) is 0 Å². The lowest BCUT2D eigenvalue weighted by atomic mass is 10.0. The van der Waals surface area contributed by atoms with Crippen molar-refractivity contribution < 1.29 is 42.4 Å². The van der Waals surface area contributed by atoms with E-state index in [1.165, 1.54) is 77.0 Å². The van der Waals surface area contributed by atoms with E-state index in [9.17, 15) is 24.2 Å². The molecule has 0 radical (unpaired) electrons. The molecule has 3 atom stereocenters. The number of esters is 1. The molecule has 0 saturated carbocycles. The Labute approximate surface area is 330 Å². The molecule has 0 aliphatic carbocycles. The number of allylic oxidation sites excluding steroid dienone is 8. The lowest BCUT2D eigenvalue weighted by Crippen LogP contribution is -2.42. The van der Waals surface area contributed by atoms with Crippen LogP contribution < -0.4 is 0 Å². The third kappa shape index (κ3) is 34.6. The molecule has 0 fully saturated rings.